The molecule has 1 saturated carbocycles. The molecule has 0 saturated heterocycles. The van der Waals surface area contributed by atoms with Crippen LogP contribution < -0.4 is 16.6 Å². The van der Waals surface area contributed by atoms with Gasteiger partial charge in [0.05, 0.1) is 5.69 Å². The molecule has 0 radical (unpaired) electrons. The predicted octanol–water partition coefficient (Wildman–Crippen LogP) is 1.15. The van der Waals surface area contributed by atoms with Gasteiger partial charge in [-0.25, -0.2) is 9.78 Å². The van der Waals surface area contributed by atoms with E-state index in [9.17, 15) is 14.4 Å². The van der Waals surface area contributed by atoms with Gasteiger partial charge in [0.1, 0.15) is 5.39 Å². The number of rotatable bonds is 2. The molecule has 122 valence electrons. The number of hydrogen-bond acceptors (Lipinski definition) is 4. The summed E-state index contributed by atoms with van der Waals surface area (Å²) in [5.41, 5.74) is -0.192. The van der Waals surface area contributed by atoms with Crippen molar-refractivity contribution in [1.29, 1.82) is 0 Å². The maximum atomic E-state index is 12.5. The normalized spacial score (nSPS) is 15.7. The fourth-order valence-electron chi connectivity index (χ4n) is 3.19. The number of fused-ring (bicyclic) bond motifs is 1. The summed E-state index contributed by atoms with van der Waals surface area (Å²) in [6, 6.07) is 1.61. The molecule has 7 nitrogen and oxygen atoms in total. The lowest BCUT2D eigenvalue weighted by Gasteiger charge is -2.21. The van der Waals surface area contributed by atoms with E-state index in [1.54, 1.807) is 13.1 Å². The number of aryl methyl sites for hydroxylation is 1. The van der Waals surface area contributed by atoms with Gasteiger partial charge in [0.25, 0.3) is 5.56 Å². The summed E-state index contributed by atoms with van der Waals surface area (Å²) < 4.78 is 2.34. The number of anilines is 1. The topological polar surface area (TPSA) is 86.0 Å². The predicted molar refractivity (Wildman–Crippen MR) is 87.4 cm³/mol. The van der Waals surface area contributed by atoms with Crippen molar-refractivity contribution in [2.24, 2.45) is 20.0 Å². The van der Waals surface area contributed by atoms with Crippen molar-refractivity contribution in [1.82, 2.24) is 14.1 Å². The van der Waals surface area contributed by atoms with E-state index in [-0.39, 0.29) is 22.9 Å². The van der Waals surface area contributed by atoms with Crippen molar-refractivity contribution in [3.05, 3.63) is 33.1 Å². The second kappa shape index (κ2) is 5.98. The quantitative estimate of drug-likeness (QED) is 0.900. The Labute approximate surface area is 133 Å². The molecule has 7 heteroatoms. The van der Waals surface area contributed by atoms with E-state index in [0.717, 1.165) is 30.3 Å². The molecular formula is C16H20N4O3. The zero-order valence-corrected chi connectivity index (χ0v) is 13.3. The van der Waals surface area contributed by atoms with E-state index < -0.39 is 11.2 Å². The van der Waals surface area contributed by atoms with Crippen LogP contribution in [0.1, 0.15) is 32.1 Å². The first-order valence-corrected chi connectivity index (χ1v) is 7.86. The molecule has 0 atom stereocenters. The first-order chi connectivity index (χ1) is 11.0. The van der Waals surface area contributed by atoms with Crippen molar-refractivity contribution in [3.63, 3.8) is 0 Å². The van der Waals surface area contributed by atoms with Crippen LogP contribution in [-0.2, 0) is 18.9 Å². The summed E-state index contributed by atoms with van der Waals surface area (Å²) in [7, 11) is 2.98. The minimum Gasteiger partial charge on any atom is -0.325 e. The van der Waals surface area contributed by atoms with Gasteiger partial charge in [-0.3, -0.25) is 18.7 Å². The Bertz CT molecular complexity index is 875. The Kier molecular flexibility index (Phi) is 4.02. The highest BCUT2D eigenvalue weighted by atomic mass is 16.2. The van der Waals surface area contributed by atoms with Gasteiger partial charge in [0, 0.05) is 26.2 Å². The van der Waals surface area contributed by atoms with Crippen molar-refractivity contribution >= 4 is 22.6 Å². The first kappa shape index (κ1) is 15.5. The van der Waals surface area contributed by atoms with E-state index in [0.29, 0.717) is 5.69 Å². The summed E-state index contributed by atoms with van der Waals surface area (Å²) in [4.78, 5) is 41.0. The molecule has 0 aliphatic heterocycles. The Morgan fingerprint density at radius 1 is 1.17 bits per heavy atom. The number of carbonyl (C=O) groups excluding carboxylic acids is 1. The Morgan fingerprint density at radius 2 is 1.87 bits per heavy atom. The summed E-state index contributed by atoms with van der Waals surface area (Å²) in [5.74, 6) is -0.0727. The second-order valence-electron chi connectivity index (χ2n) is 6.09. The maximum absolute atomic E-state index is 12.5. The summed E-state index contributed by atoms with van der Waals surface area (Å²) in [5, 5.41) is 3.13. The maximum Gasteiger partial charge on any atom is 0.332 e. The Balaban J connectivity index is 2.06. The van der Waals surface area contributed by atoms with Crippen molar-refractivity contribution < 1.29 is 4.79 Å². The standard InChI is InChI=1S/C16H20N4O3/c1-19-13-12(15(22)20(2)16(19)23)11(8-9-17-13)18-14(21)10-6-4-3-5-7-10/h8-10H,3-7H2,1-2H3,(H,17,18,21). The van der Waals surface area contributed by atoms with Crippen molar-refractivity contribution in [2.45, 2.75) is 32.1 Å². The van der Waals surface area contributed by atoms with E-state index in [2.05, 4.69) is 10.3 Å². The molecule has 1 aliphatic carbocycles. The van der Waals surface area contributed by atoms with Crippen LogP contribution in [0.5, 0.6) is 0 Å². The molecule has 1 amide bonds. The van der Waals surface area contributed by atoms with Crippen molar-refractivity contribution in [2.75, 3.05) is 5.32 Å². The van der Waals surface area contributed by atoms with Gasteiger partial charge in [0.2, 0.25) is 5.91 Å². The highest BCUT2D eigenvalue weighted by Crippen LogP contribution is 2.26. The van der Waals surface area contributed by atoms with Gasteiger partial charge in [-0.1, -0.05) is 19.3 Å². The summed E-state index contributed by atoms with van der Waals surface area (Å²) in [6.07, 6.45) is 6.55. The number of pyridine rings is 1. The van der Waals surface area contributed by atoms with Crippen LogP contribution >= 0.6 is 0 Å². The lowest BCUT2D eigenvalue weighted by molar-refractivity contribution is -0.120. The van der Waals surface area contributed by atoms with E-state index in [4.69, 9.17) is 0 Å². The third-order valence-corrected chi connectivity index (χ3v) is 4.57. The van der Waals surface area contributed by atoms with Gasteiger partial charge < -0.3 is 5.32 Å². The van der Waals surface area contributed by atoms with Gasteiger partial charge in [-0.05, 0) is 18.9 Å². The number of carbonyl (C=O) groups is 1. The highest BCUT2D eigenvalue weighted by molar-refractivity contribution is 6.00. The number of aromatic nitrogens is 3. The van der Waals surface area contributed by atoms with Crippen LogP contribution in [0.25, 0.3) is 11.0 Å². The third kappa shape index (κ3) is 2.67. The van der Waals surface area contributed by atoms with Crippen molar-refractivity contribution in [3.8, 4) is 0 Å². The lowest BCUT2D eigenvalue weighted by Crippen LogP contribution is -2.38. The third-order valence-electron chi connectivity index (χ3n) is 4.57. The number of hydrogen-bond donors (Lipinski definition) is 1. The molecule has 0 unspecified atom stereocenters. The van der Waals surface area contributed by atoms with Crippen LogP contribution in [0.3, 0.4) is 0 Å². The van der Waals surface area contributed by atoms with Gasteiger partial charge in [-0.15, -0.1) is 0 Å². The molecule has 2 aromatic rings. The molecular weight excluding hydrogens is 296 g/mol. The van der Waals surface area contributed by atoms with Crippen LogP contribution in [0, 0.1) is 5.92 Å². The average molecular weight is 316 g/mol. The second-order valence-corrected chi connectivity index (χ2v) is 6.09. The molecule has 2 aromatic heterocycles. The first-order valence-electron chi connectivity index (χ1n) is 7.86. The van der Waals surface area contributed by atoms with Crippen LogP contribution in [0.15, 0.2) is 21.9 Å². The molecule has 3 rings (SSSR count). The zero-order chi connectivity index (χ0) is 16.6. The molecule has 23 heavy (non-hydrogen) atoms. The highest BCUT2D eigenvalue weighted by Gasteiger charge is 2.22. The number of amides is 1. The monoisotopic (exact) mass is 316 g/mol. The average Bonchev–Trinajstić information content (AvgIpc) is 2.58. The molecule has 1 fully saturated rings. The Hall–Kier alpha value is -2.44. The van der Waals surface area contributed by atoms with Crippen LogP contribution in [-0.4, -0.2) is 20.0 Å². The van der Waals surface area contributed by atoms with E-state index >= 15 is 0 Å². The lowest BCUT2D eigenvalue weighted by atomic mass is 9.88. The smallest absolute Gasteiger partial charge is 0.325 e. The molecule has 0 bridgehead atoms. The molecule has 0 aromatic carbocycles. The minimum absolute atomic E-state index is 0.0108. The summed E-state index contributed by atoms with van der Waals surface area (Å²) >= 11 is 0. The fourth-order valence-corrected chi connectivity index (χ4v) is 3.19. The van der Waals surface area contributed by atoms with Crippen LogP contribution in [0.4, 0.5) is 5.69 Å². The molecule has 2 heterocycles. The van der Waals surface area contributed by atoms with Gasteiger partial charge in [0.15, 0.2) is 5.65 Å². The molecule has 0 spiro atoms. The Morgan fingerprint density at radius 3 is 2.57 bits per heavy atom. The summed E-state index contributed by atoms with van der Waals surface area (Å²) in [6.45, 7) is 0. The van der Waals surface area contributed by atoms with E-state index in [1.165, 1.54) is 24.2 Å². The largest absolute Gasteiger partial charge is 0.332 e. The SMILES string of the molecule is Cn1c(=O)c2c(NC(=O)C3CCCCC3)ccnc2n(C)c1=O. The number of nitrogens with zero attached hydrogens (tertiary/aromatic N) is 3. The van der Waals surface area contributed by atoms with Gasteiger partial charge >= 0.3 is 5.69 Å². The van der Waals surface area contributed by atoms with Crippen LogP contribution in [0.2, 0.25) is 0 Å². The van der Waals surface area contributed by atoms with Gasteiger partial charge in [-0.2, -0.15) is 0 Å². The molecule has 1 N–H and O–H groups in total. The zero-order valence-electron chi connectivity index (χ0n) is 13.3. The number of nitrogens with one attached hydrogen (secondary N) is 1. The minimum atomic E-state index is -0.449. The van der Waals surface area contributed by atoms with E-state index in [1.807, 2.05) is 0 Å². The molecule has 1 aliphatic rings. The fraction of sp³-hybridized carbons (Fsp3) is 0.500.